The van der Waals surface area contributed by atoms with Crippen LogP contribution in [0.4, 0.5) is 0 Å². The van der Waals surface area contributed by atoms with Gasteiger partial charge in [0.1, 0.15) is 18.3 Å². The van der Waals surface area contributed by atoms with Crippen molar-refractivity contribution >= 4 is 18.3 Å². The number of hydrogen-bond acceptors (Lipinski definition) is 7. The van der Waals surface area contributed by atoms with Crippen LogP contribution >= 0.6 is 0 Å². The van der Waals surface area contributed by atoms with Crippen molar-refractivity contribution in [3.8, 4) is 0 Å². The summed E-state index contributed by atoms with van der Waals surface area (Å²) in [5.41, 5.74) is -0.141. The summed E-state index contributed by atoms with van der Waals surface area (Å²) < 4.78 is 1.70. The van der Waals surface area contributed by atoms with Gasteiger partial charge in [0.2, 0.25) is 5.91 Å². The summed E-state index contributed by atoms with van der Waals surface area (Å²) in [6.45, 7) is 2.54. The van der Waals surface area contributed by atoms with Crippen molar-refractivity contribution < 1.29 is 19.5 Å². The number of aromatic nitrogens is 5. The number of rotatable bonds is 5. The minimum absolute atomic E-state index is 0.0848. The van der Waals surface area contributed by atoms with Crippen molar-refractivity contribution in [2.45, 2.75) is 25.8 Å². The Labute approximate surface area is 166 Å². The Hall–Kier alpha value is -3.57. The van der Waals surface area contributed by atoms with E-state index in [9.17, 15) is 14.4 Å². The highest BCUT2D eigenvalue weighted by Gasteiger charge is 2.23. The van der Waals surface area contributed by atoms with Gasteiger partial charge in [-0.2, -0.15) is 5.10 Å². The van der Waals surface area contributed by atoms with Crippen molar-refractivity contribution in [3.05, 3.63) is 41.1 Å². The molecule has 0 saturated carbocycles. The molecule has 0 spiro atoms. The predicted molar refractivity (Wildman–Crippen MR) is 99.9 cm³/mol. The first-order valence-corrected chi connectivity index (χ1v) is 9.07. The molecule has 0 unspecified atom stereocenters. The van der Waals surface area contributed by atoms with Crippen LogP contribution in [0.3, 0.4) is 0 Å². The van der Waals surface area contributed by atoms with Crippen molar-refractivity contribution in [3.63, 3.8) is 0 Å². The SMILES string of the molecule is O=C(CCCn1cncn1)N1CCCN(C(=O)c2c[nH]c(=O)cn2)CC1.O=CO. The van der Waals surface area contributed by atoms with Crippen molar-refractivity contribution in [2.24, 2.45) is 0 Å². The van der Waals surface area contributed by atoms with E-state index in [4.69, 9.17) is 9.90 Å². The van der Waals surface area contributed by atoms with Crippen molar-refractivity contribution in [1.82, 2.24) is 34.5 Å². The van der Waals surface area contributed by atoms with Crippen LogP contribution in [-0.2, 0) is 16.1 Å². The number of nitrogens with zero attached hydrogens (tertiary/aromatic N) is 6. The molecule has 12 nitrogen and oxygen atoms in total. The van der Waals surface area contributed by atoms with Crippen molar-refractivity contribution in [2.75, 3.05) is 26.2 Å². The van der Waals surface area contributed by atoms with Crippen LogP contribution in [0.25, 0.3) is 0 Å². The number of aromatic amines is 1. The summed E-state index contributed by atoms with van der Waals surface area (Å²) in [6.07, 6.45) is 7.37. The topological polar surface area (TPSA) is 154 Å². The molecular weight excluding hydrogens is 382 g/mol. The molecule has 2 aromatic heterocycles. The quantitative estimate of drug-likeness (QED) is 0.614. The maximum Gasteiger partial charge on any atom is 0.290 e. The molecule has 0 aliphatic carbocycles. The molecule has 2 N–H and O–H groups in total. The summed E-state index contributed by atoms with van der Waals surface area (Å²) >= 11 is 0. The summed E-state index contributed by atoms with van der Waals surface area (Å²) in [4.78, 5) is 57.9. The van der Waals surface area contributed by atoms with Crippen LogP contribution in [0.15, 0.2) is 29.8 Å². The normalized spacial score (nSPS) is 13.8. The zero-order valence-electron chi connectivity index (χ0n) is 15.8. The highest BCUT2D eigenvalue weighted by atomic mass is 16.3. The van der Waals surface area contributed by atoms with Crippen LogP contribution in [0.1, 0.15) is 29.8 Å². The van der Waals surface area contributed by atoms with E-state index >= 15 is 0 Å². The van der Waals surface area contributed by atoms with Gasteiger partial charge in [0.05, 0.1) is 6.20 Å². The fourth-order valence-electron chi connectivity index (χ4n) is 2.89. The van der Waals surface area contributed by atoms with Gasteiger partial charge in [-0.05, 0) is 12.8 Å². The van der Waals surface area contributed by atoms with Gasteiger partial charge in [0.25, 0.3) is 17.9 Å². The van der Waals surface area contributed by atoms with Crippen molar-refractivity contribution in [1.29, 1.82) is 0 Å². The fourth-order valence-corrected chi connectivity index (χ4v) is 2.89. The molecule has 1 aliphatic rings. The van der Waals surface area contributed by atoms with Gasteiger partial charge < -0.3 is 19.9 Å². The molecule has 2 aromatic rings. The Morgan fingerprint density at radius 2 is 1.93 bits per heavy atom. The average Bonchev–Trinajstić information content (AvgIpc) is 3.10. The van der Waals surface area contributed by atoms with Crippen LogP contribution in [0.5, 0.6) is 0 Å². The van der Waals surface area contributed by atoms with Crippen LogP contribution in [0, 0.1) is 0 Å². The standard InChI is InChI=1S/C16H21N7O3.CH2O2/c24-14-10-18-13(9-19-14)16(26)22-5-2-4-21(7-8-22)15(25)3-1-6-23-12-17-11-20-23;2-1-3/h9-12H,1-8H2,(H,19,24);1H,(H,2,3). The van der Waals surface area contributed by atoms with Crippen LogP contribution in [-0.4, -0.2) is 84.1 Å². The Bertz CT molecular complexity index is 832. The second kappa shape index (κ2) is 11.3. The van der Waals surface area contributed by atoms with Gasteiger partial charge in [0.15, 0.2) is 0 Å². The van der Waals surface area contributed by atoms with E-state index in [-0.39, 0.29) is 29.5 Å². The fraction of sp³-hybridized carbons (Fsp3) is 0.471. The van der Waals surface area contributed by atoms with Gasteiger partial charge in [-0.15, -0.1) is 0 Å². The monoisotopic (exact) mass is 405 g/mol. The zero-order chi connectivity index (χ0) is 21.1. The number of carbonyl (C=O) groups excluding carboxylic acids is 2. The summed E-state index contributed by atoms with van der Waals surface area (Å²) in [7, 11) is 0. The number of H-pyrrole nitrogens is 1. The lowest BCUT2D eigenvalue weighted by Gasteiger charge is -2.22. The third-order valence-corrected chi connectivity index (χ3v) is 4.27. The number of carboxylic acid groups (broad SMARTS) is 1. The van der Waals surface area contributed by atoms with Gasteiger partial charge in [0, 0.05) is 45.3 Å². The molecular formula is C17H23N7O5. The second-order valence-corrected chi connectivity index (χ2v) is 6.19. The van der Waals surface area contributed by atoms with E-state index in [0.29, 0.717) is 52.0 Å². The number of carbonyl (C=O) groups is 3. The lowest BCUT2D eigenvalue weighted by molar-refractivity contribution is -0.131. The molecule has 2 amide bonds. The first kappa shape index (κ1) is 21.7. The van der Waals surface area contributed by atoms with E-state index in [2.05, 4.69) is 20.1 Å². The lowest BCUT2D eigenvalue weighted by atomic mass is 10.2. The predicted octanol–water partition coefficient (Wildman–Crippen LogP) is -0.783. The first-order chi connectivity index (χ1) is 14.0. The third-order valence-electron chi connectivity index (χ3n) is 4.27. The van der Waals surface area contributed by atoms with Gasteiger partial charge in [-0.3, -0.25) is 23.9 Å². The maximum atomic E-state index is 12.5. The summed E-state index contributed by atoms with van der Waals surface area (Å²) in [6, 6.07) is 0. The van der Waals surface area contributed by atoms with E-state index in [1.807, 2.05) is 0 Å². The largest absolute Gasteiger partial charge is 0.483 e. The molecule has 3 heterocycles. The maximum absolute atomic E-state index is 12.5. The number of hydrogen-bond donors (Lipinski definition) is 2. The summed E-state index contributed by atoms with van der Waals surface area (Å²) in [5, 5.41) is 10.9. The highest BCUT2D eigenvalue weighted by Crippen LogP contribution is 2.09. The van der Waals surface area contributed by atoms with Crippen LogP contribution < -0.4 is 5.56 Å². The molecule has 1 saturated heterocycles. The van der Waals surface area contributed by atoms with Crippen LogP contribution in [0.2, 0.25) is 0 Å². The van der Waals surface area contributed by atoms with E-state index in [1.165, 1.54) is 12.5 Å². The van der Waals surface area contributed by atoms with Gasteiger partial charge in [-0.25, -0.2) is 9.97 Å². The smallest absolute Gasteiger partial charge is 0.290 e. The first-order valence-electron chi connectivity index (χ1n) is 9.07. The lowest BCUT2D eigenvalue weighted by Crippen LogP contribution is -2.37. The molecule has 3 rings (SSSR count). The average molecular weight is 405 g/mol. The summed E-state index contributed by atoms with van der Waals surface area (Å²) in [5.74, 6) is -0.150. The van der Waals surface area contributed by atoms with Gasteiger partial charge >= 0.3 is 0 Å². The molecule has 156 valence electrons. The molecule has 0 aromatic carbocycles. The molecule has 29 heavy (non-hydrogen) atoms. The highest BCUT2D eigenvalue weighted by molar-refractivity contribution is 5.92. The molecule has 1 aliphatic heterocycles. The molecule has 0 radical (unpaired) electrons. The van der Waals surface area contributed by atoms with Gasteiger partial charge in [-0.1, -0.05) is 0 Å². The minimum atomic E-state index is -0.347. The zero-order valence-corrected chi connectivity index (χ0v) is 15.8. The Morgan fingerprint density at radius 3 is 2.59 bits per heavy atom. The Morgan fingerprint density at radius 1 is 1.21 bits per heavy atom. The number of nitrogens with one attached hydrogen (secondary N) is 1. The number of aryl methyl sites for hydroxylation is 1. The Balaban J connectivity index is 0.000000941. The Kier molecular flexibility index (Phi) is 8.48. The number of amides is 2. The minimum Gasteiger partial charge on any atom is -0.483 e. The molecule has 0 bridgehead atoms. The molecule has 12 heteroatoms. The molecule has 0 atom stereocenters. The molecule has 1 fully saturated rings. The van der Waals surface area contributed by atoms with E-state index < -0.39 is 0 Å². The van der Waals surface area contributed by atoms with E-state index in [0.717, 1.165) is 6.20 Å². The van der Waals surface area contributed by atoms with E-state index in [1.54, 1.807) is 20.8 Å². The third kappa shape index (κ3) is 6.83. The second-order valence-electron chi connectivity index (χ2n) is 6.19.